The summed E-state index contributed by atoms with van der Waals surface area (Å²) in [6.07, 6.45) is 1.84. The number of aliphatic carboxylic acids is 1. The van der Waals surface area contributed by atoms with E-state index in [0.717, 1.165) is 6.92 Å². The molecule has 2 amide bonds. The summed E-state index contributed by atoms with van der Waals surface area (Å²) >= 11 is 0. The molecule has 0 aliphatic rings. The Morgan fingerprint density at radius 2 is 2.22 bits per heavy atom. The van der Waals surface area contributed by atoms with Crippen molar-refractivity contribution in [2.24, 2.45) is 0 Å². The summed E-state index contributed by atoms with van der Waals surface area (Å²) in [5.41, 5.74) is -1.98. The van der Waals surface area contributed by atoms with E-state index in [0.29, 0.717) is 18.8 Å². The van der Waals surface area contributed by atoms with Gasteiger partial charge >= 0.3 is 12.0 Å². The number of hydrogen-bond acceptors (Lipinski definition) is 5. The maximum Gasteiger partial charge on any atom is 0.337 e. The highest BCUT2D eigenvalue weighted by Crippen LogP contribution is 2.00. The van der Waals surface area contributed by atoms with Gasteiger partial charge in [0.2, 0.25) is 0 Å². The van der Waals surface area contributed by atoms with Gasteiger partial charge in [-0.25, -0.2) is 14.6 Å². The van der Waals surface area contributed by atoms with Gasteiger partial charge in [-0.05, 0) is 6.92 Å². The van der Waals surface area contributed by atoms with Crippen molar-refractivity contribution in [1.82, 2.24) is 25.8 Å². The summed E-state index contributed by atoms with van der Waals surface area (Å²) in [5, 5.41) is 29.0. The van der Waals surface area contributed by atoms with E-state index in [1.807, 2.05) is 0 Å². The lowest BCUT2D eigenvalue weighted by Crippen LogP contribution is -2.49. The van der Waals surface area contributed by atoms with Gasteiger partial charge in [-0.2, -0.15) is 5.10 Å². The Morgan fingerprint density at radius 1 is 1.50 bits per heavy atom. The number of H-pyrrole nitrogens is 1. The standard InChI is InChI=1S/C9H15N5O4/c1-9(18,7(15)16)4-11-8(17)10-3-2-6-12-5-13-14-6/h5,18H,2-4H2,1H3,(H,15,16)(H2,10,11,17)(H,12,13,14). The Hall–Kier alpha value is -2.16. The minimum Gasteiger partial charge on any atom is -0.479 e. The van der Waals surface area contributed by atoms with Crippen molar-refractivity contribution in [3.05, 3.63) is 12.2 Å². The maximum absolute atomic E-state index is 11.3. The third kappa shape index (κ3) is 4.37. The quantitative estimate of drug-likeness (QED) is 0.419. The first-order chi connectivity index (χ1) is 8.42. The van der Waals surface area contributed by atoms with E-state index in [1.54, 1.807) is 0 Å². The molecular weight excluding hydrogens is 242 g/mol. The van der Waals surface area contributed by atoms with E-state index < -0.39 is 17.6 Å². The lowest BCUT2D eigenvalue weighted by molar-refractivity contribution is -0.155. The highest BCUT2D eigenvalue weighted by Gasteiger charge is 2.30. The van der Waals surface area contributed by atoms with Gasteiger partial charge in [-0.1, -0.05) is 0 Å². The molecule has 0 saturated heterocycles. The van der Waals surface area contributed by atoms with Gasteiger partial charge < -0.3 is 20.8 Å². The van der Waals surface area contributed by atoms with Crippen molar-refractivity contribution in [3.63, 3.8) is 0 Å². The zero-order chi connectivity index (χ0) is 13.6. The summed E-state index contributed by atoms with van der Waals surface area (Å²) in [4.78, 5) is 25.7. The Kier molecular flexibility index (Phi) is 4.60. The zero-order valence-electron chi connectivity index (χ0n) is 9.80. The van der Waals surface area contributed by atoms with Crippen LogP contribution >= 0.6 is 0 Å². The summed E-state index contributed by atoms with van der Waals surface area (Å²) in [6.45, 7) is 1.04. The third-order valence-corrected chi connectivity index (χ3v) is 2.17. The number of nitrogens with one attached hydrogen (secondary N) is 3. The Bertz CT molecular complexity index is 403. The van der Waals surface area contributed by atoms with Crippen molar-refractivity contribution in [1.29, 1.82) is 0 Å². The second-order valence-electron chi connectivity index (χ2n) is 3.87. The highest BCUT2D eigenvalue weighted by atomic mass is 16.4. The van der Waals surface area contributed by atoms with Crippen LogP contribution in [0.2, 0.25) is 0 Å². The van der Waals surface area contributed by atoms with Crippen LogP contribution in [0, 0.1) is 0 Å². The van der Waals surface area contributed by atoms with Crippen LogP contribution in [0.5, 0.6) is 0 Å². The molecule has 1 rings (SSSR count). The molecule has 100 valence electrons. The van der Waals surface area contributed by atoms with Gasteiger partial charge in [0, 0.05) is 13.0 Å². The summed E-state index contributed by atoms with van der Waals surface area (Å²) in [5.74, 6) is -0.766. The van der Waals surface area contributed by atoms with Gasteiger partial charge in [0.1, 0.15) is 12.2 Å². The van der Waals surface area contributed by atoms with E-state index in [1.165, 1.54) is 6.33 Å². The molecule has 5 N–H and O–H groups in total. The molecule has 9 heteroatoms. The maximum atomic E-state index is 11.3. The molecule has 1 aromatic rings. The van der Waals surface area contributed by atoms with Gasteiger partial charge in [0.05, 0.1) is 6.54 Å². The smallest absolute Gasteiger partial charge is 0.337 e. The molecule has 0 aromatic carbocycles. The highest BCUT2D eigenvalue weighted by molar-refractivity contribution is 5.79. The van der Waals surface area contributed by atoms with Gasteiger partial charge in [-0.15, -0.1) is 0 Å². The molecule has 1 aromatic heterocycles. The summed E-state index contributed by atoms with van der Waals surface area (Å²) in [7, 11) is 0. The van der Waals surface area contributed by atoms with Crippen LogP contribution in [0.15, 0.2) is 6.33 Å². The minimum absolute atomic E-state index is 0.316. The lowest BCUT2D eigenvalue weighted by Gasteiger charge is -2.18. The van der Waals surface area contributed by atoms with E-state index in [-0.39, 0.29) is 6.54 Å². The number of aromatic nitrogens is 3. The van der Waals surface area contributed by atoms with Crippen molar-refractivity contribution < 1.29 is 19.8 Å². The fourth-order valence-corrected chi connectivity index (χ4v) is 1.04. The monoisotopic (exact) mass is 257 g/mol. The predicted molar refractivity (Wildman–Crippen MR) is 59.7 cm³/mol. The third-order valence-electron chi connectivity index (χ3n) is 2.17. The van der Waals surface area contributed by atoms with Crippen LogP contribution in [-0.2, 0) is 11.2 Å². The molecule has 1 heterocycles. The van der Waals surface area contributed by atoms with E-state index in [4.69, 9.17) is 5.11 Å². The summed E-state index contributed by atoms with van der Waals surface area (Å²) in [6, 6.07) is -0.559. The van der Waals surface area contributed by atoms with E-state index in [9.17, 15) is 14.7 Å². The SMILES string of the molecule is CC(O)(CNC(=O)NCCc1ncn[nH]1)C(=O)O. The Labute approximate surface area is 103 Å². The molecule has 0 bridgehead atoms. The molecule has 0 aliphatic carbocycles. The fourth-order valence-electron chi connectivity index (χ4n) is 1.04. The molecule has 0 radical (unpaired) electrons. The average Bonchev–Trinajstić information content (AvgIpc) is 2.79. The normalized spacial score (nSPS) is 13.7. The first kappa shape index (κ1) is 13.9. The predicted octanol–water partition coefficient (Wildman–Crippen LogP) is -1.52. The van der Waals surface area contributed by atoms with Crippen molar-refractivity contribution >= 4 is 12.0 Å². The first-order valence-corrected chi connectivity index (χ1v) is 5.23. The molecule has 0 fully saturated rings. The van der Waals surface area contributed by atoms with Crippen LogP contribution in [0.4, 0.5) is 4.79 Å². The molecule has 1 atom stereocenters. The molecule has 0 saturated carbocycles. The number of amides is 2. The Balaban J connectivity index is 2.20. The number of hydrogen-bond donors (Lipinski definition) is 5. The van der Waals surface area contributed by atoms with Crippen molar-refractivity contribution in [3.8, 4) is 0 Å². The van der Waals surface area contributed by atoms with Gasteiger partial charge in [-0.3, -0.25) is 5.10 Å². The van der Waals surface area contributed by atoms with Crippen LogP contribution < -0.4 is 10.6 Å². The topological polar surface area (TPSA) is 140 Å². The summed E-state index contributed by atoms with van der Waals surface area (Å²) < 4.78 is 0. The van der Waals surface area contributed by atoms with Crippen LogP contribution in [0.25, 0.3) is 0 Å². The fraction of sp³-hybridized carbons (Fsp3) is 0.556. The van der Waals surface area contributed by atoms with Crippen LogP contribution in [-0.4, -0.2) is 56.1 Å². The van der Waals surface area contributed by atoms with Crippen molar-refractivity contribution in [2.45, 2.75) is 18.9 Å². The molecule has 18 heavy (non-hydrogen) atoms. The second kappa shape index (κ2) is 5.96. The number of carbonyl (C=O) groups is 2. The number of aromatic amines is 1. The Morgan fingerprint density at radius 3 is 2.78 bits per heavy atom. The van der Waals surface area contributed by atoms with Gasteiger partial charge in [0.15, 0.2) is 5.60 Å². The van der Waals surface area contributed by atoms with Crippen molar-refractivity contribution in [2.75, 3.05) is 13.1 Å². The van der Waals surface area contributed by atoms with E-state index in [2.05, 4.69) is 25.8 Å². The van der Waals surface area contributed by atoms with Crippen LogP contribution in [0.3, 0.4) is 0 Å². The zero-order valence-corrected chi connectivity index (χ0v) is 9.80. The number of urea groups is 1. The first-order valence-electron chi connectivity index (χ1n) is 5.23. The number of carboxylic acid groups (broad SMARTS) is 1. The van der Waals surface area contributed by atoms with E-state index >= 15 is 0 Å². The largest absolute Gasteiger partial charge is 0.479 e. The number of carbonyl (C=O) groups excluding carboxylic acids is 1. The number of nitrogens with zero attached hydrogens (tertiary/aromatic N) is 2. The van der Waals surface area contributed by atoms with Crippen LogP contribution in [0.1, 0.15) is 12.7 Å². The number of aliphatic hydroxyl groups is 1. The molecule has 9 nitrogen and oxygen atoms in total. The number of rotatable bonds is 6. The average molecular weight is 257 g/mol. The van der Waals surface area contributed by atoms with Gasteiger partial charge in [0.25, 0.3) is 0 Å². The second-order valence-corrected chi connectivity index (χ2v) is 3.87. The molecule has 0 spiro atoms. The molecule has 0 aliphatic heterocycles. The number of carboxylic acids is 1. The minimum atomic E-state index is -1.98. The molecular formula is C9H15N5O4. The molecule has 1 unspecified atom stereocenters. The lowest BCUT2D eigenvalue weighted by atomic mass is 10.1.